The summed E-state index contributed by atoms with van der Waals surface area (Å²) >= 11 is 5.57. The predicted octanol–water partition coefficient (Wildman–Crippen LogP) is 2.04. The van der Waals surface area contributed by atoms with Crippen LogP contribution in [0, 0.1) is 13.8 Å². The van der Waals surface area contributed by atoms with E-state index in [-0.39, 0.29) is 17.7 Å². The van der Waals surface area contributed by atoms with Gasteiger partial charge in [-0.1, -0.05) is 0 Å². The molecule has 84 valence electrons. The van der Waals surface area contributed by atoms with Crippen molar-refractivity contribution in [3.05, 3.63) is 17.3 Å². The van der Waals surface area contributed by atoms with Crippen molar-refractivity contribution < 1.29 is 9.21 Å². The van der Waals surface area contributed by atoms with Crippen LogP contribution < -0.4 is 5.32 Å². The first-order chi connectivity index (χ1) is 7.04. The van der Waals surface area contributed by atoms with Gasteiger partial charge in [-0.2, -0.15) is 0 Å². The van der Waals surface area contributed by atoms with Gasteiger partial charge in [0.05, 0.1) is 5.69 Å². The van der Waals surface area contributed by atoms with E-state index < -0.39 is 0 Å². The molecule has 0 aromatic carbocycles. The highest BCUT2D eigenvalue weighted by molar-refractivity contribution is 6.17. The number of hydrogen-bond acceptors (Lipinski definition) is 3. The number of aryl methyl sites for hydroxylation is 2. The lowest BCUT2D eigenvalue weighted by atomic mass is 10.2. The van der Waals surface area contributed by atoms with Gasteiger partial charge in [0.2, 0.25) is 5.76 Å². The lowest BCUT2D eigenvalue weighted by molar-refractivity contribution is 0.0909. The predicted molar refractivity (Wildman–Crippen MR) is 58.2 cm³/mol. The zero-order valence-electron chi connectivity index (χ0n) is 9.13. The molecule has 1 atom stereocenters. The van der Waals surface area contributed by atoms with Crippen LogP contribution in [0.4, 0.5) is 0 Å². The number of hydrogen-bond donors (Lipinski definition) is 1. The second-order valence-corrected chi connectivity index (χ2v) is 3.88. The maximum atomic E-state index is 11.7. The molecule has 1 unspecified atom stereocenters. The van der Waals surface area contributed by atoms with Crippen LogP contribution in [0.25, 0.3) is 0 Å². The SMILES string of the molecule is Cc1nc(C)c(C(=O)NC(C)CCCl)o1. The van der Waals surface area contributed by atoms with Crippen LogP contribution in [-0.2, 0) is 0 Å². The molecule has 0 bridgehead atoms. The average molecular weight is 231 g/mol. The standard InChI is InChI=1S/C10H15ClN2O2/c1-6(4-5-11)12-10(14)9-7(2)13-8(3)15-9/h6H,4-5H2,1-3H3,(H,12,14). The molecule has 0 spiro atoms. The first kappa shape index (κ1) is 12.0. The molecule has 15 heavy (non-hydrogen) atoms. The molecule has 0 fully saturated rings. The van der Waals surface area contributed by atoms with Gasteiger partial charge in [0, 0.05) is 18.8 Å². The quantitative estimate of drug-likeness (QED) is 0.806. The first-order valence-electron chi connectivity index (χ1n) is 4.85. The van der Waals surface area contributed by atoms with Gasteiger partial charge in [-0.3, -0.25) is 4.79 Å². The third-order valence-electron chi connectivity index (χ3n) is 2.03. The molecule has 0 radical (unpaired) electrons. The van der Waals surface area contributed by atoms with Gasteiger partial charge < -0.3 is 9.73 Å². The number of carbonyl (C=O) groups excluding carboxylic acids is 1. The molecule has 4 nitrogen and oxygen atoms in total. The van der Waals surface area contributed by atoms with Gasteiger partial charge in [-0.25, -0.2) is 4.98 Å². The van der Waals surface area contributed by atoms with Crippen molar-refractivity contribution in [3.8, 4) is 0 Å². The van der Waals surface area contributed by atoms with Gasteiger partial charge in [-0.15, -0.1) is 11.6 Å². The monoisotopic (exact) mass is 230 g/mol. The number of nitrogens with zero attached hydrogens (tertiary/aromatic N) is 1. The Morgan fingerprint density at radius 2 is 2.27 bits per heavy atom. The first-order valence-corrected chi connectivity index (χ1v) is 5.39. The number of carbonyl (C=O) groups is 1. The Kier molecular flexibility index (Phi) is 4.15. The summed E-state index contributed by atoms with van der Waals surface area (Å²) in [7, 11) is 0. The summed E-state index contributed by atoms with van der Waals surface area (Å²) in [5.74, 6) is 1.08. The second kappa shape index (κ2) is 5.16. The smallest absolute Gasteiger partial charge is 0.289 e. The normalized spacial score (nSPS) is 12.5. The molecular weight excluding hydrogens is 216 g/mol. The van der Waals surface area contributed by atoms with Crippen LogP contribution in [0.15, 0.2) is 4.42 Å². The minimum atomic E-state index is -0.231. The van der Waals surface area contributed by atoms with Crippen molar-refractivity contribution in [3.63, 3.8) is 0 Å². The highest BCUT2D eigenvalue weighted by Gasteiger charge is 2.17. The minimum Gasteiger partial charge on any atom is -0.436 e. The van der Waals surface area contributed by atoms with E-state index in [1.54, 1.807) is 13.8 Å². The van der Waals surface area contributed by atoms with Crippen molar-refractivity contribution >= 4 is 17.5 Å². The summed E-state index contributed by atoms with van der Waals surface area (Å²) < 4.78 is 5.20. The van der Waals surface area contributed by atoms with Gasteiger partial charge in [-0.05, 0) is 20.3 Å². The summed E-state index contributed by atoms with van der Waals surface area (Å²) in [5.41, 5.74) is 0.614. The molecule has 1 aromatic heterocycles. The fourth-order valence-electron chi connectivity index (χ4n) is 1.27. The Labute approximate surface area is 94.0 Å². The maximum absolute atomic E-state index is 11.7. The van der Waals surface area contributed by atoms with Crippen LogP contribution >= 0.6 is 11.6 Å². The lowest BCUT2D eigenvalue weighted by Gasteiger charge is -2.10. The van der Waals surface area contributed by atoms with E-state index in [1.165, 1.54) is 0 Å². The fraction of sp³-hybridized carbons (Fsp3) is 0.600. The van der Waals surface area contributed by atoms with Crippen molar-refractivity contribution in [2.75, 3.05) is 5.88 Å². The summed E-state index contributed by atoms with van der Waals surface area (Å²) in [6, 6.07) is 0.0415. The maximum Gasteiger partial charge on any atom is 0.289 e. The van der Waals surface area contributed by atoms with E-state index in [0.717, 1.165) is 6.42 Å². The van der Waals surface area contributed by atoms with Crippen molar-refractivity contribution in [1.29, 1.82) is 0 Å². The zero-order chi connectivity index (χ0) is 11.4. The Bertz CT molecular complexity index is 349. The minimum absolute atomic E-state index is 0.0415. The zero-order valence-corrected chi connectivity index (χ0v) is 9.89. The summed E-state index contributed by atoms with van der Waals surface area (Å²) in [6.45, 7) is 5.36. The van der Waals surface area contributed by atoms with Crippen molar-refractivity contribution in [2.45, 2.75) is 33.2 Å². The lowest BCUT2D eigenvalue weighted by Crippen LogP contribution is -2.32. The summed E-state index contributed by atoms with van der Waals surface area (Å²) in [4.78, 5) is 15.7. The molecule has 1 amide bonds. The molecule has 1 N–H and O–H groups in total. The van der Waals surface area contributed by atoms with Crippen molar-refractivity contribution in [1.82, 2.24) is 10.3 Å². The number of amides is 1. The van der Waals surface area contributed by atoms with E-state index >= 15 is 0 Å². The van der Waals surface area contributed by atoms with E-state index in [4.69, 9.17) is 16.0 Å². The topological polar surface area (TPSA) is 55.1 Å². The van der Waals surface area contributed by atoms with E-state index in [9.17, 15) is 4.79 Å². The van der Waals surface area contributed by atoms with Crippen LogP contribution in [0.5, 0.6) is 0 Å². The number of alkyl halides is 1. The Morgan fingerprint density at radius 1 is 1.60 bits per heavy atom. The molecular formula is C10H15ClN2O2. The molecule has 0 saturated heterocycles. The number of oxazole rings is 1. The molecule has 0 aliphatic rings. The Balaban J connectivity index is 2.65. The molecule has 0 saturated carbocycles. The Morgan fingerprint density at radius 3 is 2.73 bits per heavy atom. The number of halogens is 1. The van der Waals surface area contributed by atoms with E-state index in [0.29, 0.717) is 17.5 Å². The van der Waals surface area contributed by atoms with Crippen LogP contribution in [0.1, 0.15) is 35.5 Å². The number of rotatable bonds is 4. The van der Waals surface area contributed by atoms with Crippen LogP contribution in [0.2, 0.25) is 0 Å². The third kappa shape index (κ3) is 3.23. The van der Waals surface area contributed by atoms with Gasteiger partial charge in [0.25, 0.3) is 5.91 Å². The van der Waals surface area contributed by atoms with Gasteiger partial charge >= 0.3 is 0 Å². The van der Waals surface area contributed by atoms with Crippen LogP contribution in [-0.4, -0.2) is 22.8 Å². The van der Waals surface area contributed by atoms with E-state index in [1.807, 2.05) is 6.92 Å². The number of aromatic nitrogens is 1. The third-order valence-corrected chi connectivity index (χ3v) is 2.25. The van der Waals surface area contributed by atoms with Crippen LogP contribution in [0.3, 0.4) is 0 Å². The highest BCUT2D eigenvalue weighted by Crippen LogP contribution is 2.09. The second-order valence-electron chi connectivity index (χ2n) is 3.50. The molecule has 0 aliphatic carbocycles. The fourth-order valence-corrected chi connectivity index (χ4v) is 1.59. The molecule has 0 aliphatic heterocycles. The Hall–Kier alpha value is -1.03. The average Bonchev–Trinajstić information content (AvgIpc) is 2.45. The van der Waals surface area contributed by atoms with Crippen molar-refractivity contribution in [2.24, 2.45) is 0 Å². The number of nitrogens with one attached hydrogen (secondary N) is 1. The highest BCUT2D eigenvalue weighted by atomic mass is 35.5. The summed E-state index contributed by atoms with van der Waals surface area (Å²) in [6.07, 6.45) is 0.736. The van der Waals surface area contributed by atoms with Gasteiger partial charge in [0.15, 0.2) is 5.89 Å². The largest absolute Gasteiger partial charge is 0.436 e. The molecule has 1 rings (SSSR count). The van der Waals surface area contributed by atoms with E-state index in [2.05, 4.69) is 10.3 Å². The molecule has 1 aromatic rings. The van der Waals surface area contributed by atoms with Gasteiger partial charge in [0.1, 0.15) is 0 Å². The molecule has 5 heteroatoms. The molecule has 1 heterocycles. The summed E-state index contributed by atoms with van der Waals surface area (Å²) in [5, 5.41) is 2.79.